The van der Waals surface area contributed by atoms with Gasteiger partial charge in [-0.15, -0.1) is 0 Å². The van der Waals surface area contributed by atoms with E-state index in [0.29, 0.717) is 5.57 Å². The van der Waals surface area contributed by atoms with Gasteiger partial charge in [0.1, 0.15) is 0 Å². The lowest BCUT2D eigenvalue weighted by molar-refractivity contribution is -0.135. The normalized spacial score (nSPS) is 17.9. The lowest BCUT2D eigenvalue weighted by atomic mass is 9.79. The Morgan fingerprint density at radius 3 is 2.31 bits per heavy atom. The number of aliphatic hydroxyl groups excluding tert-OH is 1. The second-order valence-corrected chi connectivity index (χ2v) is 3.29. The Labute approximate surface area is 91.1 Å². The quantitative estimate of drug-likeness (QED) is 0.416. The molecule has 2 aliphatic carbocycles. The van der Waals surface area contributed by atoms with Gasteiger partial charge in [0.15, 0.2) is 5.76 Å². The van der Waals surface area contributed by atoms with Gasteiger partial charge in [0.05, 0.1) is 6.54 Å². The van der Waals surface area contributed by atoms with Crippen LogP contribution in [-0.2, 0) is 14.4 Å². The molecule has 86 valence electrons. The number of rotatable bonds is 1. The van der Waals surface area contributed by atoms with Crippen LogP contribution >= 0.6 is 0 Å². The molecule has 0 saturated heterocycles. The van der Waals surface area contributed by atoms with Crippen molar-refractivity contribution in [2.24, 2.45) is 5.73 Å². The molecule has 0 spiro atoms. The molecule has 0 aliphatic heterocycles. The van der Waals surface area contributed by atoms with Crippen molar-refractivity contribution in [2.75, 3.05) is 6.54 Å². The number of aliphatic carboxylic acids is 1. The van der Waals surface area contributed by atoms with Gasteiger partial charge in [-0.25, -0.2) is 0 Å². The number of carbonyl (C=O) groups is 3. The Balaban J connectivity index is 0.000000221. The second kappa shape index (κ2) is 4.71. The van der Waals surface area contributed by atoms with Crippen LogP contribution in [0.2, 0.25) is 0 Å². The van der Waals surface area contributed by atoms with Gasteiger partial charge in [0, 0.05) is 5.57 Å². The molecule has 4 N–H and O–H groups in total. The first-order chi connectivity index (χ1) is 7.47. The summed E-state index contributed by atoms with van der Waals surface area (Å²) in [7, 11) is 0. The summed E-state index contributed by atoms with van der Waals surface area (Å²) >= 11 is 0. The zero-order valence-electron chi connectivity index (χ0n) is 8.40. The maximum Gasteiger partial charge on any atom is 0.317 e. The van der Waals surface area contributed by atoms with E-state index in [1.165, 1.54) is 6.08 Å². The Morgan fingerprint density at radius 2 is 1.94 bits per heavy atom. The molecule has 0 aromatic carbocycles. The van der Waals surface area contributed by atoms with E-state index in [0.717, 1.165) is 18.4 Å². The van der Waals surface area contributed by atoms with E-state index in [2.05, 4.69) is 5.73 Å². The van der Waals surface area contributed by atoms with E-state index in [-0.39, 0.29) is 12.3 Å². The summed E-state index contributed by atoms with van der Waals surface area (Å²) < 4.78 is 0. The average Bonchev–Trinajstić information content (AvgIpc) is 2.21. The molecule has 6 heteroatoms. The highest BCUT2D eigenvalue weighted by Crippen LogP contribution is 2.37. The monoisotopic (exact) mass is 225 g/mol. The Morgan fingerprint density at radius 1 is 1.38 bits per heavy atom. The van der Waals surface area contributed by atoms with Crippen LogP contribution < -0.4 is 5.73 Å². The highest BCUT2D eigenvalue weighted by Gasteiger charge is 2.32. The molecule has 1 fully saturated rings. The smallest absolute Gasteiger partial charge is 0.317 e. The molecule has 0 amide bonds. The van der Waals surface area contributed by atoms with Gasteiger partial charge in [-0.2, -0.15) is 0 Å². The van der Waals surface area contributed by atoms with Gasteiger partial charge in [-0.3, -0.25) is 14.4 Å². The Hall–Kier alpha value is -1.95. The first-order valence-corrected chi connectivity index (χ1v) is 4.61. The summed E-state index contributed by atoms with van der Waals surface area (Å²) in [4.78, 5) is 30.8. The van der Waals surface area contributed by atoms with E-state index >= 15 is 0 Å². The fraction of sp³-hybridized carbons (Fsp3) is 0.300. The molecule has 0 aromatic rings. The highest BCUT2D eigenvalue weighted by atomic mass is 16.4. The minimum Gasteiger partial charge on any atom is -0.504 e. The molecule has 0 bridgehead atoms. The molecule has 2 rings (SSSR count). The summed E-state index contributed by atoms with van der Waals surface area (Å²) in [6.07, 6.45) is 2.84. The van der Waals surface area contributed by atoms with E-state index < -0.39 is 17.5 Å². The lowest BCUT2D eigenvalue weighted by Crippen LogP contribution is -2.24. The van der Waals surface area contributed by atoms with Crippen molar-refractivity contribution in [2.45, 2.75) is 12.8 Å². The molecule has 0 unspecified atom stereocenters. The van der Waals surface area contributed by atoms with E-state index in [1.54, 1.807) is 0 Å². The molecule has 0 heterocycles. The second-order valence-electron chi connectivity index (χ2n) is 3.29. The van der Waals surface area contributed by atoms with Crippen LogP contribution in [0.3, 0.4) is 0 Å². The van der Waals surface area contributed by atoms with Gasteiger partial charge in [-0.05, 0) is 24.5 Å². The van der Waals surface area contributed by atoms with Crippen molar-refractivity contribution in [3.05, 3.63) is 23.0 Å². The fourth-order valence-corrected chi connectivity index (χ4v) is 1.30. The van der Waals surface area contributed by atoms with Crippen molar-refractivity contribution in [3.63, 3.8) is 0 Å². The number of hydrogen-bond donors (Lipinski definition) is 3. The van der Waals surface area contributed by atoms with Crippen LogP contribution in [0.1, 0.15) is 12.8 Å². The number of allylic oxidation sites excluding steroid dienone is 4. The molecular formula is C10H11NO5. The first-order valence-electron chi connectivity index (χ1n) is 4.61. The number of carboxylic acid groups (broad SMARTS) is 1. The summed E-state index contributed by atoms with van der Waals surface area (Å²) in [5.41, 5.74) is 6.06. The molecule has 2 aliphatic rings. The maximum atomic E-state index is 10.8. The lowest BCUT2D eigenvalue weighted by Gasteiger charge is -2.24. The molecule has 16 heavy (non-hydrogen) atoms. The molecular weight excluding hydrogens is 214 g/mol. The van der Waals surface area contributed by atoms with Gasteiger partial charge in [0.2, 0.25) is 5.78 Å². The van der Waals surface area contributed by atoms with E-state index in [9.17, 15) is 14.4 Å². The maximum absolute atomic E-state index is 10.8. The van der Waals surface area contributed by atoms with Crippen LogP contribution in [0.5, 0.6) is 0 Å². The average molecular weight is 225 g/mol. The zero-order chi connectivity index (χ0) is 12.3. The van der Waals surface area contributed by atoms with E-state index in [1.807, 2.05) is 0 Å². The van der Waals surface area contributed by atoms with Crippen molar-refractivity contribution in [1.82, 2.24) is 0 Å². The number of hydrogen-bond acceptors (Lipinski definition) is 5. The summed E-state index contributed by atoms with van der Waals surface area (Å²) in [5.74, 6) is -2.66. The Kier molecular flexibility index (Phi) is 3.57. The van der Waals surface area contributed by atoms with Crippen LogP contribution in [-0.4, -0.2) is 34.3 Å². The van der Waals surface area contributed by atoms with E-state index in [4.69, 9.17) is 10.2 Å². The minimum absolute atomic E-state index is 0.278. The van der Waals surface area contributed by atoms with Crippen molar-refractivity contribution >= 4 is 17.5 Å². The van der Waals surface area contributed by atoms with Crippen molar-refractivity contribution < 1.29 is 24.6 Å². The summed E-state index contributed by atoms with van der Waals surface area (Å²) in [5, 5.41) is 16.7. The third-order valence-electron chi connectivity index (χ3n) is 2.24. The number of carboxylic acids is 1. The SMILES string of the molecule is NCC(=O)O.O=C1C=C2CCC2=C(O)C1=O. The molecule has 0 aromatic heterocycles. The van der Waals surface area contributed by atoms with Crippen LogP contribution in [0.25, 0.3) is 0 Å². The topological polar surface area (TPSA) is 118 Å². The third kappa shape index (κ3) is 2.34. The van der Waals surface area contributed by atoms with Crippen LogP contribution in [0, 0.1) is 0 Å². The van der Waals surface area contributed by atoms with Crippen molar-refractivity contribution in [1.29, 1.82) is 0 Å². The predicted octanol–water partition coefficient (Wildman–Crippen LogP) is -0.300. The molecule has 0 radical (unpaired) electrons. The van der Waals surface area contributed by atoms with Gasteiger partial charge < -0.3 is 15.9 Å². The predicted molar refractivity (Wildman–Crippen MR) is 53.7 cm³/mol. The highest BCUT2D eigenvalue weighted by molar-refractivity contribution is 6.48. The number of fused-ring (bicyclic) bond motifs is 1. The number of ketones is 2. The first kappa shape index (κ1) is 12.1. The zero-order valence-corrected chi connectivity index (χ0v) is 8.40. The summed E-state index contributed by atoms with van der Waals surface area (Å²) in [6.45, 7) is -0.278. The number of Topliss-reactive ketones (excluding diaryl/α,β-unsaturated/α-hetero) is 1. The Bertz CT molecular complexity index is 419. The fourth-order valence-electron chi connectivity index (χ4n) is 1.30. The van der Waals surface area contributed by atoms with Gasteiger partial charge in [-0.1, -0.05) is 0 Å². The summed E-state index contributed by atoms with van der Waals surface area (Å²) in [6, 6.07) is 0. The molecule has 1 saturated carbocycles. The number of aliphatic hydroxyl groups is 1. The number of carbonyl (C=O) groups excluding carboxylic acids is 2. The largest absolute Gasteiger partial charge is 0.504 e. The van der Waals surface area contributed by atoms with Crippen LogP contribution in [0.15, 0.2) is 23.0 Å². The van der Waals surface area contributed by atoms with Crippen molar-refractivity contribution in [3.8, 4) is 0 Å². The minimum atomic E-state index is -0.968. The molecule has 0 atom stereocenters. The number of nitrogens with two attached hydrogens (primary N) is 1. The van der Waals surface area contributed by atoms with Gasteiger partial charge >= 0.3 is 5.97 Å². The van der Waals surface area contributed by atoms with Gasteiger partial charge in [0.25, 0.3) is 5.78 Å². The third-order valence-corrected chi connectivity index (χ3v) is 2.24. The van der Waals surface area contributed by atoms with Crippen LogP contribution in [0.4, 0.5) is 0 Å². The standard InChI is InChI=1S/C8H6O3.C2H5NO2/c9-6-3-4-1-2-5(4)7(10)8(6)11;3-1-2(4)5/h3,10H,1-2H2;1,3H2,(H,4,5). The molecule has 6 nitrogen and oxygen atoms in total.